The van der Waals surface area contributed by atoms with Crippen molar-refractivity contribution in [2.24, 2.45) is 5.73 Å². The van der Waals surface area contributed by atoms with Crippen LogP contribution in [0, 0.1) is 6.92 Å². The van der Waals surface area contributed by atoms with Crippen LogP contribution in [0.4, 0.5) is 0 Å². The van der Waals surface area contributed by atoms with E-state index in [9.17, 15) is 4.79 Å². The lowest BCUT2D eigenvalue weighted by atomic mass is 10.0. The molecule has 1 amide bonds. The molecule has 2 heterocycles. The van der Waals surface area contributed by atoms with Crippen LogP contribution in [-0.2, 0) is 6.54 Å². The van der Waals surface area contributed by atoms with E-state index in [0.29, 0.717) is 12.6 Å². The van der Waals surface area contributed by atoms with Gasteiger partial charge in [-0.2, -0.15) is 5.10 Å². The topological polar surface area (TPSA) is 67.4 Å². The Bertz CT molecular complexity index is 482. The van der Waals surface area contributed by atoms with Crippen molar-refractivity contribution < 1.29 is 4.79 Å². The van der Waals surface area contributed by atoms with E-state index in [-0.39, 0.29) is 5.91 Å². The van der Waals surface area contributed by atoms with Crippen LogP contribution in [0.25, 0.3) is 0 Å². The minimum absolute atomic E-state index is 0.109. The average Bonchev–Trinajstić information content (AvgIpc) is 2.85. The fourth-order valence-electron chi connectivity index (χ4n) is 2.85. The second-order valence-electron chi connectivity index (χ2n) is 6.02. The van der Waals surface area contributed by atoms with Crippen LogP contribution in [-0.4, -0.2) is 65.3 Å². The number of carbonyl (C=O) groups is 1. The molecule has 0 spiro atoms. The van der Waals surface area contributed by atoms with Crippen molar-refractivity contribution in [2.45, 2.75) is 38.8 Å². The molecule has 1 aromatic heterocycles. The van der Waals surface area contributed by atoms with Gasteiger partial charge in [-0.1, -0.05) is 0 Å². The standard InChI is InChI=1S/C15H27N5O/c1-12-14(10-17-20(12)9-5-7-16)15(21)19-8-4-6-13(11-19)18(2)3/h10,13H,4-9,11,16H2,1-3H3. The molecule has 1 saturated heterocycles. The fourth-order valence-corrected chi connectivity index (χ4v) is 2.85. The summed E-state index contributed by atoms with van der Waals surface area (Å²) >= 11 is 0. The summed E-state index contributed by atoms with van der Waals surface area (Å²) in [5.41, 5.74) is 7.21. The van der Waals surface area contributed by atoms with Crippen LogP contribution < -0.4 is 5.73 Å². The number of aryl methyl sites for hydroxylation is 1. The third-order valence-corrected chi connectivity index (χ3v) is 4.32. The number of rotatable bonds is 5. The second-order valence-corrected chi connectivity index (χ2v) is 6.02. The molecule has 1 fully saturated rings. The molecule has 0 saturated carbocycles. The van der Waals surface area contributed by atoms with E-state index in [1.54, 1.807) is 6.20 Å². The molecule has 118 valence electrons. The first-order valence-electron chi connectivity index (χ1n) is 7.72. The van der Waals surface area contributed by atoms with Gasteiger partial charge in [-0.15, -0.1) is 0 Å². The Balaban J connectivity index is 2.07. The molecular weight excluding hydrogens is 266 g/mol. The molecule has 2 N–H and O–H groups in total. The first-order valence-corrected chi connectivity index (χ1v) is 7.72. The molecule has 1 atom stereocenters. The van der Waals surface area contributed by atoms with Crippen LogP contribution in [0.15, 0.2) is 6.20 Å². The number of nitrogens with zero attached hydrogens (tertiary/aromatic N) is 4. The zero-order valence-corrected chi connectivity index (χ0v) is 13.4. The highest BCUT2D eigenvalue weighted by Gasteiger charge is 2.27. The van der Waals surface area contributed by atoms with Crippen molar-refractivity contribution in [3.8, 4) is 0 Å². The maximum atomic E-state index is 12.7. The van der Waals surface area contributed by atoms with E-state index in [1.807, 2.05) is 16.5 Å². The van der Waals surface area contributed by atoms with E-state index in [2.05, 4.69) is 24.1 Å². The minimum atomic E-state index is 0.109. The van der Waals surface area contributed by atoms with Gasteiger partial charge < -0.3 is 15.5 Å². The van der Waals surface area contributed by atoms with Gasteiger partial charge in [0.25, 0.3) is 5.91 Å². The van der Waals surface area contributed by atoms with Gasteiger partial charge in [0.15, 0.2) is 0 Å². The van der Waals surface area contributed by atoms with Gasteiger partial charge in [0.2, 0.25) is 0 Å². The van der Waals surface area contributed by atoms with Gasteiger partial charge in [-0.3, -0.25) is 9.48 Å². The predicted octanol–water partition coefficient (Wildman–Crippen LogP) is 0.707. The maximum absolute atomic E-state index is 12.7. The molecule has 2 rings (SSSR count). The molecule has 1 unspecified atom stereocenters. The number of piperidine rings is 1. The Morgan fingerprint density at radius 3 is 2.95 bits per heavy atom. The molecular formula is C15H27N5O. The third kappa shape index (κ3) is 3.63. The lowest BCUT2D eigenvalue weighted by molar-refractivity contribution is 0.0634. The highest BCUT2D eigenvalue weighted by Crippen LogP contribution is 2.18. The van der Waals surface area contributed by atoms with E-state index < -0.39 is 0 Å². The Kier molecular flexibility index (Phi) is 5.36. The monoisotopic (exact) mass is 293 g/mol. The molecule has 6 nitrogen and oxygen atoms in total. The van der Waals surface area contributed by atoms with Crippen molar-refractivity contribution in [2.75, 3.05) is 33.7 Å². The van der Waals surface area contributed by atoms with Crippen molar-refractivity contribution in [3.63, 3.8) is 0 Å². The first kappa shape index (κ1) is 16.0. The summed E-state index contributed by atoms with van der Waals surface area (Å²) in [7, 11) is 4.16. The molecule has 6 heteroatoms. The predicted molar refractivity (Wildman–Crippen MR) is 83.2 cm³/mol. The molecule has 0 aliphatic carbocycles. The van der Waals surface area contributed by atoms with Crippen LogP contribution >= 0.6 is 0 Å². The van der Waals surface area contributed by atoms with E-state index in [1.165, 1.54) is 0 Å². The van der Waals surface area contributed by atoms with Gasteiger partial charge in [0.05, 0.1) is 11.8 Å². The Morgan fingerprint density at radius 2 is 2.29 bits per heavy atom. The molecule has 0 radical (unpaired) electrons. The third-order valence-electron chi connectivity index (χ3n) is 4.32. The second kappa shape index (κ2) is 7.04. The zero-order valence-electron chi connectivity index (χ0n) is 13.4. The van der Waals surface area contributed by atoms with Gasteiger partial charge in [0, 0.05) is 31.4 Å². The first-order chi connectivity index (χ1) is 10.0. The van der Waals surface area contributed by atoms with E-state index in [4.69, 9.17) is 5.73 Å². The molecule has 1 aromatic rings. The molecule has 0 aromatic carbocycles. The molecule has 21 heavy (non-hydrogen) atoms. The van der Waals surface area contributed by atoms with E-state index >= 15 is 0 Å². The SMILES string of the molecule is Cc1c(C(=O)N2CCCC(N(C)C)C2)cnn1CCCN. The normalized spacial score (nSPS) is 19.3. The van der Waals surface area contributed by atoms with Crippen molar-refractivity contribution >= 4 is 5.91 Å². The minimum Gasteiger partial charge on any atom is -0.337 e. The number of hydrogen-bond acceptors (Lipinski definition) is 4. The van der Waals surface area contributed by atoms with Crippen molar-refractivity contribution in [1.29, 1.82) is 0 Å². The largest absolute Gasteiger partial charge is 0.337 e. The number of likely N-dealkylation sites (tertiary alicyclic amines) is 1. The van der Waals surface area contributed by atoms with Gasteiger partial charge in [-0.25, -0.2) is 0 Å². The Labute approximate surface area is 126 Å². The number of amides is 1. The highest BCUT2D eigenvalue weighted by atomic mass is 16.2. The number of hydrogen-bond donors (Lipinski definition) is 1. The highest BCUT2D eigenvalue weighted by molar-refractivity contribution is 5.95. The van der Waals surface area contributed by atoms with Crippen molar-refractivity contribution in [3.05, 3.63) is 17.5 Å². The van der Waals surface area contributed by atoms with Crippen molar-refractivity contribution in [1.82, 2.24) is 19.6 Å². The van der Waals surface area contributed by atoms with Gasteiger partial charge >= 0.3 is 0 Å². The number of carbonyl (C=O) groups excluding carboxylic acids is 1. The quantitative estimate of drug-likeness (QED) is 0.868. The molecule has 1 aliphatic heterocycles. The number of nitrogens with two attached hydrogens (primary N) is 1. The summed E-state index contributed by atoms with van der Waals surface area (Å²) in [6.07, 6.45) is 4.80. The summed E-state index contributed by atoms with van der Waals surface area (Å²) in [4.78, 5) is 16.9. The summed E-state index contributed by atoms with van der Waals surface area (Å²) in [5.74, 6) is 0.109. The Morgan fingerprint density at radius 1 is 1.52 bits per heavy atom. The summed E-state index contributed by atoms with van der Waals surface area (Å²) < 4.78 is 1.88. The van der Waals surface area contributed by atoms with Crippen LogP contribution in [0.2, 0.25) is 0 Å². The lowest BCUT2D eigenvalue weighted by Gasteiger charge is -2.36. The molecule has 0 bridgehead atoms. The number of likely N-dealkylation sites (N-methyl/N-ethyl adjacent to an activating group) is 1. The zero-order chi connectivity index (χ0) is 15.4. The smallest absolute Gasteiger partial charge is 0.257 e. The summed E-state index contributed by atoms with van der Waals surface area (Å²) in [6.45, 7) is 5.02. The van der Waals surface area contributed by atoms with E-state index in [0.717, 1.165) is 50.2 Å². The van der Waals surface area contributed by atoms with Crippen LogP contribution in [0.3, 0.4) is 0 Å². The Hall–Kier alpha value is -1.40. The molecule has 1 aliphatic rings. The van der Waals surface area contributed by atoms with Crippen LogP contribution in [0.5, 0.6) is 0 Å². The number of aromatic nitrogens is 2. The average molecular weight is 293 g/mol. The van der Waals surface area contributed by atoms with Crippen LogP contribution in [0.1, 0.15) is 35.3 Å². The van der Waals surface area contributed by atoms with Gasteiger partial charge in [-0.05, 0) is 46.8 Å². The maximum Gasteiger partial charge on any atom is 0.257 e. The summed E-state index contributed by atoms with van der Waals surface area (Å²) in [5, 5.41) is 4.33. The lowest BCUT2D eigenvalue weighted by Crippen LogP contribution is -2.47. The van der Waals surface area contributed by atoms with Gasteiger partial charge in [0.1, 0.15) is 0 Å². The summed E-state index contributed by atoms with van der Waals surface area (Å²) in [6, 6.07) is 0.454. The fraction of sp³-hybridized carbons (Fsp3) is 0.733.